The SMILES string of the molecule is Cc1cc2ccc(=O)oc2cc1S.c1ccc(-c2ccccc2)cc1. The summed E-state index contributed by atoms with van der Waals surface area (Å²) in [5, 5.41) is 0.926. The van der Waals surface area contributed by atoms with Gasteiger partial charge < -0.3 is 4.42 Å². The van der Waals surface area contributed by atoms with E-state index in [0.717, 1.165) is 15.8 Å². The van der Waals surface area contributed by atoms with Crippen molar-refractivity contribution in [1.29, 1.82) is 0 Å². The van der Waals surface area contributed by atoms with Crippen LogP contribution in [-0.4, -0.2) is 0 Å². The molecular formula is C22H18O2S. The molecule has 0 saturated carbocycles. The molecule has 4 aromatic rings. The van der Waals surface area contributed by atoms with Crippen molar-refractivity contribution >= 4 is 23.6 Å². The summed E-state index contributed by atoms with van der Waals surface area (Å²) in [4.78, 5) is 11.7. The molecule has 0 saturated heterocycles. The lowest BCUT2D eigenvalue weighted by Gasteiger charge is -2.00. The topological polar surface area (TPSA) is 30.2 Å². The zero-order valence-electron chi connectivity index (χ0n) is 13.8. The first-order chi connectivity index (χ1) is 12.1. The molecule has 1 heterocycles. The molecule has 0 aliphatic heterocycles. The molecule has 0 atom stereocenters. The Morgan fingerprint density at radius 2 is 1.32 bits per heavy atom. The average molecular weight is 346 g/mol. The van der Waals surface area contributed by atoms with Crippen LogP contribution in [0.1, 0.15) is 5.56 Å². The van der Waals surface area contributed by atoms with Crippen molar-refractivity contribution in [3.05, 3.63) is 101 Å². The van der Waals surface area contributed by atoms with E-state index in [1.165, 1.54) is 17.2 Å². The second-order valence-electron chi connectivity index (χ2n) is 5.66. The van der Waals surface area contributed by atoms with Crippen LogP contribution < -0.4 is 5.63 Å². The highest BCUT2D eigenvalue weighted by molar-refractivity contribution is 7.80. The highest BCUT2D eigenvalue weighted by atomic mass is 32.1. The third-order valence-electron chi connectivity index (χ3n) is 3.82. The Balaban J connectivity index is 0.000000146. The van der Waals surface area contributed by atoms with Gasteiger partial charge in [-0.2, -0.15) is 0 Å². The van der Waals surface area contributed by atoms with E-state index in [4.69, 9.17) is 4.42 Å². The van der Waals surface area contributed by atoms with Gasteiger partial charge in [-0.1, -0.05) is 60.7 Å². The van der Waals surface area contributed by atoms with Gasteiger partial charge in [-0.05, 0) is 41.8 Å². The van der Waals surface area contributed by atoms with E-state index in [0.29, 0.717) is 5.58 Å². The van der Waals surface area contributed by atoms with E-state index in [2.05, 4.69) is 61.2 Å². The monoisotopic (exact) mass is 346 g/mol. The second kappa shape index (κ2) is 7.86. The fourth-order valence-corrected chi connectivity index (χ4v) is 2.66. The fourth-order valence-electron chi connectivity index (χ4n) is 2.48. The van der Waals surface area contributed by atoms with Crippen LogP contribution in [0.2, 0.25) is 0 Å². The van der Waals surface area contributed by atoms with Gasteiger partial charge >= 0.3 is 5.63 Å². The van der Waals surface area contributed by atoms with Crippen molar-refractivity contribution in [2.75, 3.05) is 0 Å². The smallest absolute Gasteiger partial charge is 0.336 e. The molecule has 0 aliphatic rings. The molecule has 0 aliphatic carbocycles. The second-order valence-corrected chi connectivity index (χ2v) is 6.14. The maximum atomic E-state index is 10.9. The summed E-state index contributed by atoms with van der Waals surface area (Å²) in [6.45, 7) is 1.97. The van der Waals surface area contributed by atoms with Crippen molar-refractivity contribution in [1.82, 2.24) is 0 Å². The van der Waals surface area contributed by atoms with Crippen LogP contribution in [0.5, 0.6) is 0 Å². The molecule has 0 fully saturated rings. The molecule has 3 heteroatoms. The molecule has 25 heavy (non-hydrogen) atoms. The number of rotatable bonds is 1. The number of hydrogen-bond donors (Lipinski definition) is 1. The normalized spacial score (nSPS) is 10.2. The highest BCUT2D eigenvalue weighted by Gasteiger charge is 2.00. The number of fused-ring (bicyclic) bond motifs is 1. The van der Waals surface area contributed by atoms with Gasteiger partial charge in [-0.15, -0.1) is 12.6 Å². The van der Waals surface area contributed by atoms with E-state index in [1.54, 1.807) is 12.1 Å². The Labute approximate surface area is 152 Å². The van der Waals surface area contributed by atoms with E-state index in [-0.39, 0.29) is 5.63 Å². The molecule has 0 unspecified atom stereocenters. The van der Waals surface area contributed by atoms with Gasteiger partial charge in [0.1, 0.15) is 5.58 Å². The first-order valence-electron chi connectivity index (χ1n) is 7.97. The zero-order valence-corrected chi connectivity index (χ0v) is 14.7. The Morgan fingerprint density at radius 1 is 0.760 bits per heavy atom. The number of thiol groups is 1. The van der Waals surface area contributed by atoms with Crippen LogP contribution >= 0.6 is 12.6 Å². The maximum absolute atomic E-state index is 10.9. The molecule has 0 bridgehead atoms. The summed E-state index contributed by atoms with van der Waals surface area (Å²) >= 11 is 4.25. The summed E-state index contributed by atoms with van der Waals surface area (Å²) in [5.41, 5.74) is 3.88. The molecule has 124 valence electrons. The van der Waals surface area contributed by atoms with Gasteiger partial charge in [0.05, 0.1) is 0 Å². The summed E-state index contributed by atoms with van der Waals surface area (Å²) in [6, 6.07) is 27.7. The zero-order chi connectivity index (χ0) is 17.6. The molecule has 0 N–H and O–H groups in total. The number of aryl methyl sites for hydroxylation is 1. The van der Waals surface area contributed by atoms with Gasteiger partial charge in [0.2, 0.25) is 0 Å². The van der Waals surface area contributed by atoms with Crippen molar-refractivity contribution < 1.29 is 4.42 Å². The average Bonchev–Trinajstić information content (AvgIpc) is 2.65. The van der Waals surface area contributed by atoms with E-state index < -0.39 is 0 Å². The van der Waals surface area contributed by atoms with Crippen LogP contribution in [0.15, 0.2) is 99.0 Å². The Morgan fingerprint density at radius 3 is 1.88 bits per heavy atom. The summed E-state index contributed by atoms with van der Waals surface area (Å²) in [5.74, 6) is 0. The van der Waals surface area contributed by atoms with Crippen molar-refractivity contribution in [2.24, 2.45) is 0 Å². The molecule has 0 radical (unpaired) electrons. The van der Waals surface area contributed by atoms with Crippen LogP contribution in [0.3, 0.4) is 0 Å². The lowest BCUT2D eigenvalue weighted by molar-refractivity contribution is 0.560. The highest BCUT2D eigenvalue weighted by Crippen LogP contribution is 2.20. The summed E-state index contributed by atoms with van der Waals surface area (Å²) in [7, 11) is 0. The van der Waals surface area contributed by atoms with Gasteiger partial charge in [-0.3, -0.25) is 0 Å². The van der Waals surface area contributed by atoms with Gasteiger partial charge in [0, 0.05) is 16.3 Å². The maximum Gasteiger partial charge on any atom is 0.336 e. The van der Waals surface area contributed by atoms with Gasteiger partial charge in [0.15, 0.2) is 0 Å². The predicted molar refractivity (Wildman–Crippen MR) is 106 cm³/mol. The lowest BCUT2D eigenvalue weighted by Crippen LogP contribution is -1.94. The molecule has 3 aromatic carbocycles. The van der Waals surface area contributed by atoms with Crippen molar-refractivity contribution in [3.8, 4) is 11.1 Å². The van der Waals surface area contributed by atoms with Crippen LogP contribution in [0, 0.1) is 6.92 Å². The lowest BCUT2D eigenvalue weighted by atomic mass is 10.1. The fraction of sp³-hybridized carbons (Fsp3) is 0.0455. The van der Waals surface area contributed by atoms with Gasteiger partial charge in [-0.25, -0.2) is 4.79 Å². The quantitative estimate of drug-likeness (QED) is 0.352. The third-order valence-corrected chi connectivity index (χ3v) is 4.30. The van der Waals surface area contributed by atoms with Crippen LogP contribution in [-0.2, 0) is 0 Å². The minimum atomic E-state index is -0.330. The van der Waals surface area contributed by atoms with E-state index >= 15 is 0 Å². The van der Waals surface area contributed by atoms with Crippen molar-refractivity contribution in [3.63, 3.8) is 0 Å². The van der Waals surface area contributed by atoms with Crippen LogP contribution in [0.25, 0.3) is 22.1 Å². The third kappa shape index (κ3) is 4.40. The number of hydrogen-bond acceptors (Lipinski definition) is 3. The summed E-state index contributed by atoms with van der Waals surface area (Å²) < 4.78 is 4.99. The van der Waals surface area contributed by atoms with E-state index in [1.807, 2.05) is 25.1 Å². The first-order valence-corrected chi connectivity index (χ1v) is 8.42. The Bertz CT molecular complexity index is 985. The van der Waals surface area contributed by atoms with Crippen molar-refractivity contribution in [2.45, 2.75) is 11.8 Å². The first kappa shape index (κ1) is 17.1. The molecule has 4 rings (SSSR count). The molecule has 2 nitrogen and oxygen atoms in total. The minimum Gasteiger partial charge on any atom is -0.423 e. The number of benzene rings is 3. The van der Waals surface area contributed by atoms with Gasteiger partial charge in [0.25, 0.3) is 0 Å². The standard InChI is InChI=1S/C12H10.C10H8O2S/c1-3-7-11(8-4-1)12-9-5-2-6-10-12;1-6-4-7-2-3-10(11)12-8(7)5-9(6)13/h1-10H;2-5,13H,1H3. The predicted octanol–water partition coefficient (Wildman–Crippen LogP) is 5.74. The Hall–Kier alpha value is -2.78. The Kier molecular flexibility index (Phi) is 5.36. The van der Waals surface area contributed by atoms with Crippen LogP contribution in [0.4, 0.5) is 0 Å². The minimum absolute atomic E-state index is 0.330. The summed E-state index contributed by atoms with van der Waals surface area (Å²) in [6.07, 6.45) is 0. The molecule has 0 spiro atoms. The largest absolute Gasteiger partial charge is 0.423 e. The molecular weight excluding hydrogens is 328 g/mol. The molecule has 1 aromatic heterocycles. The molecule has 0 amide bonds. The van der Waals surface area contributed by atoms with E-state index in [9.17, 15) is 4.79 Å².